The molecule has 5 nitrogen and oxygen atoms in total. The first-order valence-electron chi connectivity index (χ1n) is 14.3. The first-order chi connectivity index (χ1) is 20.9. The molecule has 1 amide bonds. The summed E-state index contributed by atoms with van der Waals surface area (Å²) in [4.78, 5) is 18.0. The molecule has 0 spiro atoms. The maximum absolute atomic E-state index is 13.5. The number of halogens is 6. The molecule has 4 unspecified atom stereocenters. The summed E-state index contributed by atoms with van der Waals surface area (Å²) in [6.45, 7) is -0.167. The Morgan fingerprint density at radius 2 is 1.57 bits per heavy atom. The van der Waals surface area contributed by atoms with Crippen molar-refractivity contribution in [3.63, 3.8) is 0 Å². The smallest absolute Gasteiger partial charge is 0.371 e. The predicted molar refractivity (Wildman–Crippen MR) is 151 cm³/mol. The Balaban J connectivity index is 1.22. The highest BCUT2D eigenvalue weighted by atomic mass is 19.4. The summed E-state index contributed by atoms with van der Waals surface area (Å²) in [6.07, 6.45) is -7.41. The van der Waals surface area contributed by atoms with Crippen LogP contribution in [-0.4, -0.2) is 23.0 Å². The van der Waals surface area contributed by atoms with Crippen LogP contribution in [0, 0.1) is 5.92 Å². The van der Waals surface area contributed by atoms with Crippen LogP contribution < -0.4 is 10.6 Å². The van der Waals surface area contributed by atoms with Gasteiger partial charge in [-0.05, 0) is 66.3 Å². The Morgan fingerprint density at radius 1 is 0.886 bits per heavy atom. The standard InChI is InChI=1S/C33H29F6N3O2/c34-32(35,36)24-13-20(14-25(15-24)33(37,38)39)19-44-29-11-10-28-26(16-31(29,42-28)23-7-2-1-3-8-23)30(43)41-18-21-12-22-6-4-5-9-27(22)40-17-21/h1-9,12-15,17,26,28-29,42H,10-11,16,18-19H2,(H,41,43). The van der Waals surface area contributed by atoms with Crippen molar-refractivity contribution < 1.29 is 35.9 Å². The molecule has 3 heterocycles. The second kappa shape index (κ2) is 11.5. The van der Waals surface area contributed by atoms with E-state index < -0.39 is 47.6 Å². The van der Waals surface area contributed by atoms with Crippen molar-refractivity contribution in [2.24, 2.45) is 5.92 Å². The monoisotopic (exact) mass is 613 g/mol. The Morgan fingerprint density at radius 3 is 2.27 bits per heavy atom. The molecule has 6 rings (SSSR count). The third kappa shape index (κ3) is 6.03. The minimum Gasteiger partial charge on any atom is -0.371 e. The van der Waals surface area contributed by atoms with Crippen molar-refractivity contribution in [3.8, 4) is 0 Å². The number of benzene rings is 3. The van der Waals surface area contributed by atoms with Crippen LogP contribution in [0.3, 0.4) is 0 Å². The first-order valence-corrected chi connectivity index (χ1v) is 14.3. The molecule has 4 atom stereocenters. The van der Waals surface area contributed by atoms with E-state index in [2.05, 4.69) is 15.6 Å². The summed E-state index contributed by atoms with van der Waals surface area (Å²) in [5.41, 5.74) is -1.31. The van der Waals surface area contributed by atoms with Crippen molar-refractivity contribution in [2.45, 2.75) is 62.5 Å². The topological polar surface area (TPSA) is 63.2 Å². The summed E-state index contributed by atoms with van der Waals surface area (Å²) in [7, 11) is 0. The zero-order valence-electron chi connectivity index (χ0n) is 23.4. The van der Waals surface area contributed by atoms with Gasteiger partial charge in [0, 0.05) is 24.2 Å². The van der Waals surface area contributed by atoms with Crippen molar-refractivity contribution in [3.05, 3.63) is 113 Å². The largest absolute Gasteiger partial charge is 0.416 e. The highest BCUT2D eigenvalue weighted by molar-refractivity contribution is 5.81. The minimum absolute atomic E-state index is 0.107. The molecule has 1 aromatic heterocycles. The zero-order chi connectivity index (χ0) is 31.1. The number of nitrogens with zero attached hydrogens (tertiary/aromatic N) is 1. The van der Waals surface area contributed by atoms with E-state index in [1.54, 1.807) is 6.20 Å². The van der Waals surface area contributed by atoms with E-state index in [0.29, 0.717) is 31.4 Å². The van der Waals surface area contributed by atoms with Crippen LogP contribution in [0.1, 0.15) is 47.1 Å². The summed E-state index contributed by atoms with van der Waals surface area (Å²) >= 11 is 0. The van der Waals surface area contributed by atoms with Crippen LogP contribution in [0.4, 0.5) is 26.3 Å². The molecule has 230 valence electrons. The molecule has 2 aliphatic rings. The van der Waals surface area contributed by atoms with Crippen LogP contribution in [0.15, 0.2) is 85.1 Å². The summed E-state index contributed by atoms with van der Waals surface area (Å²) in [6, 6.07) is 20.3. The van der Waals surface area contributed by atoms with Crippen LogP contribution >= 0.6 is 0 Å². The Hall–Kier alpha value is -3.96. The second-order valence-corrected chi connectivity index (χ2v) is 11.4. The minimum atomic E-state index is -4.95. The first kappa shape index (κ1) is 30.1. The SMILES string of the molecule is O=C(NCc1cnc2ccccc2c1)C1CC2(c3ccccc3)NC1CCC2OCc1cc(C(F)(F)F)cc(C(F)(F)F)c1. The fourth-order valence-electron chi connectivity index (χ4n) is 6.51. The van der Waals surface area contributed by atoms with Crippen LogP contribution in [0.5, 0.6) is 0 Å². The number of hydrogen-bond acceptors (Lipinski definition) is 4. The van der Waals surface area contributed by atoms with Gasteiger partial charge in [-0.25, -0.2) is 0 Å². The maximum atomic E-state index is 13.5. The van der Waals surface area contributed by atoms with E-state index in [1.807, 2.05) is 60.7 Å². The van der Waals surface area contributed by atoms with Crippen molar-refractivity contribution >= 4 is 16.8 Å². The molecule has 0 saturated carbocycles. The number of hydrogen-bond donors (Lipinski definition) is 2. The lowest BCUT2D eigenvalue weighted by Gasteiger charge is -2.42. The highest BCUT2D eigenvalue weighted by Gasteiger charge is 2.56. The van der Waals surface area contributed by atoms with E-state index in [-0.39, 0.29) is 30.1 Å². The summed E-state index contributed by atoms with van der Waals surface area (Å²) in [5.74, 6) is -0.579. The maximum Gasteiger partial charge on any atom is 0.416 e. The second-order valence-electron chi connectivity index (χ2n) is 11.4. The summed E-state index contributed by atoms with van der Waals surface area (Å²) in [5, 5.41) is 7.56. The van der Waals surface area contributed by atoms with E-state index in [0.717, 1.165) is 22.0 Å². The van der Waals surface area contributed by atoms with Crippen LogP contribution in [0.25, 0.3) is 10.9 Å². The van der Waals surface area contributed by atoms with Gasteiger partial charge in [-0.1, -0.05) is 48.5 Å². The molecule has 2 N–H and O–H groups in total. The molecule has 3 aromatic carbocycles. The average molecular weight is 614 g/mol. The van der Waals surface area contributed by atoms with Crippen LogP contribution in [-0.2, 0) is 40.6 Å². The lowest BCUT2D eigenvalue weighted by atomic mass is 9.80. The number of aromatic nitrogens is 1. The van der Waals surface area contributed by atoms with E-state index in [1.165, 1.54) is 0 Å². The molecule has 44 heavy (non-hydrogen) atoms. The number of rotatable bonds is 7. The van der Waals surface area contributed by atoms with E-state index in [9.17, 15) is 31.1 Å². The third-order valence-corrected chi connectivity index (χ3v) is 8.60. The van der Waals surface area contributed by atoms with Gasteiger partial charge in [0.2, 0.25) is 5.91 Å². The number of para-hydroxylation sites is 1. The van der Waals surface area contributed by atoms with Gasteiger partial charge >= 0.3 is 12.4 Å². The Labute approximate surface area is 249 Å². The Bertz CT molecular complexity index is 1630. The number of fused-ring (bicyclic) bond motifs is 3. The molecule has 2 saturated heterocycles. The van der Waals surface area contributed by atoms with Gasteiger partial charge in [0.25, 0.3) is 0 Å². The predicted octanol–water partition coefficient (Wildman–Crippen LogP) is 7.14. The van der Waals surface area contributed by atoms with E-state index >= 15 is 0 Å². The fraction of sp³-hybridized carbons (Fsp3) is 0.333. The van der Waals surface area contributed by atoms with Crippen molar-refractivity contribution in [2.75, 3.05) is 0 Å². The van der Waals surface area contributed by atoms with Crippen molar-refractivity contribution in [1.29, 1.82) is 0 Å². The number of amides is 1. The number of carbonyl (C=O) groups is 1. The number of nitrogens with one attached hydrogen (secondary N) is 2. The van der Waals surface area contributed by atoms with Crippen molar-refractivity contribution in [1.82, 2.24) is 15.6 Å². The molecule has 11 heteroatoms. The quantitative estimate of drug-likeness (QED) is 0.218. The lowest BCUT2D eigenvalue weighted by Crippen LogP contribution is -2.54. The van der Waals surface area contributed by atoms with Gasteiger partial charge in [-0.2, -0.15) is 26.3 Å². The van der Waals surface area contributed by atoms with Gasteiger partial charge in [0.05, 0.1) is 40.8 Å². The number of piperidine rings is 1. The number of pyridine rings is 1. The molecule has 4 aromatic rings. The van der Waals surface area contributed by atoms with Crippen LogP contribution in [0.2, 0.25) is 0 Å². The molecule has 2 bridgehead atoms. The highest BCUT2D eigenvalue weighted by Crippen LogP contribution is 2.48. The van der Waals surface area contributed by atoms with Gasteiger partial charge in [0.15, 0.2) is 0 Å². The van der Waals surface area contributed by atoms with Gasteiger partial charge in [0.1, 0.15) is 0 Å². The lowest BCUT2D eigenvalue weighted by molar-refractivity contribution is -0.143. The van der Waals surface area contributed by atoms with Gasteiger partial charge in [-0.15, -0.1) is 0 Å². The molecular formula is C33H29F6N3O2. The number of ether oxygens (including phenoxy) is 1. The normalized spacial score (nSPS) is 23.5. The summed E-state index contributed by atoms with van der Waals surface area (Å²) < 4.78 is 86.8. The molecular weight excluding hydrogens is 584 g/mol. The third-order valence-electron chi connectivity index (χ3n) is 8.60. The molecule has 2 aliphatic heterocycles. The van der Waals surface area contributed by atoms with E-state index in [4.69, 9.17) is 4.74 Å². The Kier molecular flexibility index (Phi) is 7.87. The molecule has 0 aliphatic carbocycles. The molecule has 2 fully saturated rings. The number of carbonyl (C=O) groups excluding carboxylic acids is 1. The fourth-order valence-corrected chi connectivity index (χ4v) is 6.51. The zero-order valence-corrected chi connectivity index (χ0v) is 23.4. The number of alkyl halides is 6. The van der Waals surface area contributed by atoms with Gasteiger partial charge in [-0.3, -0.25) is 9.78 Å². The average Bonchev–Trinajstić information content (AvgIpc) is 3.32. The molecule has 0 radical (unpaired) electrons. The van der Waals surface area contributed by atoms with Gasteiger partial charge < -0.3 is 15.4 Å².